The lowest BCUT2D eigenvalue weighted by atomic mass is 9.99. The van der Waals surface area contributed by atoms with Crippen molar-refractivity contribution >= 4 is 23.5 Å². The standard InChI is InChI=1S/C19H20N2OS/c1-23-20-14-16-6-2-3-7-18(16)15-9-11-17(12-10-15)21-13-5-4-8-19(21)22/h2-4,6-12,20H,5,13-14H2,1H3. The minimum absolute atomic E-state index is 0.0635. The molecule has 0 unspecified atom stereocenters. The Balaban J connectivity index is 1.85. The van der Waals surface area contributed by atoms with Gasteiger partial charge >= 0.3 is 0 Å². The van der Waals surface area contributed by atoms with Gasteiger partial charge in [0.1, 0.15) is 0 Å². The maximum Gasteiger partial charge on any atom is 0.250 e. The summed E-state index contributed by atoms with van der Waals surface area (Å²) >= 11 is 1.62. The monoisotopic (exact) mass is 324 g/mol. The topological polar surface area (TPSA) is 32.3 Å². The molecule has 0 fully saturated rings. The Labute approximate surface area is 141 Å². The molecule has 0 radical (unpaired) electrons. The Bertz CT molecular complexity index is 710. The largest absolute Gasteiger partial charge is 0.309 e. The first-order valence-electron chi connectivity index (χ1n) is 7.72. The van der Waals surface area contributed by atoms with Gasteiger partial charge in [-0.3, -0.25) is 9.52 Å². The molecule has 1 aliphatic heterocycles. The number of carbonyl (C=O) groups is 1. The van der Waals surface area contributed by atoms with E-state index in [1.807, 2.05) is 29.4 Å². The van der Waals surface area contributed by atoms with Crippen LogP contribution in [0.1, 0.15) is 12.0 Å². The van der Waals surface area contributed by atoms with Crippen molar-refractivity contribution in [2.75, 3.05) is 17.7 Å². The Morgan fingerprint density at radius 2 is 1.91 bits per heavy atom. The molecule has 1 amide bonds. The van der Waals surface area contributed by atoms with Gasteiger partial charge in [0.25, 0.3) is 5.91 Å². The van der Waals surface area contributed by atoms with Gasteiger partial charge in [-0.25, -0.2) is 0 Å². The Morgan fingerprint density at radius 3 is 2.65 bits per heavy atom. The van der Waals surface area contributed by atoms with Gasteiger partial charge in [0, 0.05) is 18.8 Å². The van der Waals surface area contributed by atoms with E-state index in [-0.39, 0.29) is 5.91 Å². The van der Waals surface area contributed by atoms with E-state index in [4.69, 9.17) is 0 Å². The van der Waals surface area contributed by atoms with Gasteiger partial charge < -0.3 is 4.90 Å². The van der Waals surface area contributed by atoms with Crippen LogP contribution in [0.25, 0.3) is 11.1 Å². The Kier molecular flexibility index (Phi) is 5.16. The van der Waals surface area contributed by atoms with Gasteiger partial charge in [0.05, 0.1) is 0 Å². The van der Waals surface area contributed by atoms with E-state index >= 15 is 0 Å². The van der Waals surface area contributed by atoms with Crippen LogP contribution in [0.2, 0.25) is 0 Å². The average Bonchev–Trinajstić information content (AvgIpc) is 2.61. The second-order valence-electron chi connectivity index (χ2n) is 5.41. The summed E-state index contributed by atoms with van der Waals surface area (Å²) in [6.45, 7) is 1.58. The summed E-state index contributed by atoms with van der Waals surface area (Å²) in [5, 5.41) is 0. The molecule has 118 valence electrons. The van der Waals surface area contributed by atoms with E-state index in [1.54, 1.807) is 18.0 Å². The van der Waals surface area contributed by atoms with Crippen LogP contribution in [0.3, 0.4) is 0 Å². The van der Waals surface area contributed by atoms with E-state index in [9.17, 15) is 4.79 Å². The predicted molar refractivity (Wildman–Crippen MR) is 98.3 cm³/mol. The Morgan fingerprint density at radius 1 is 1.13 bits per heavy atom. The zero-order chi connectivity index (χ0) is 16.1. The third kappa shape index (κ3) is 3.66. The second kappa shape index (κ2) is 7.49. The minimum Gasteiger partial charge on any atom is -0.309 e. The van der Waals surface area contributed by atoms with Crippen LogP contribution < -0.4 is 9.62 Å². The van der Waals surface area contributed by atoms with Crippen molar-refractivity contribution in [1.82, 2.24) is 4.72 Å². The molecule has 1 N–H and O–H groups in total. The van der Waals surface area contributed by atoms with Crippen LogP contribution in [0, 0.1) is 0 Å². The third-order valence-electron chi connectivity index (χ3n) is 3.96. The maximum absolute atomic E-state index is 12.0. The second-order valence-corrected chi connectivity index (χ2v) is 6.11. The number of carbonyl (C=O) groups excluding carboxylic acids is 1. The fraction of sp³-hybridized carbons (Fsp3) is 0.211. The molecule has 3 rings (SSSR count). The zero-order valence-corrected chi connectivity index (χ0v) is 14.0. The third-order valence-corrected chi connectivity index (χ3v) is 4.39. The van der Waals surface area contributed by atoms with Crippen molar-refractivity contribution in [2.45, 2.75) is 13.0 Å². The van der Waals surface area contributed by atoms with Crippen LogP contribution in [0.5, 0.6) is 0 Å². The van der Waals surface area contributed by atoms with Gasteiger partial charge in [0.2, 0.25) is 0 Å². The number of anilines is 1. The molecule has 2 aromatic rings. The molecule has 0 aromatic heterocycles. The first-order valence-corrected chi connectivity index (χ1v) is 8.94. The van der Waals surface area contributed by atoms with Gasteiger partial charge in [-0.05, 0) is 47.6 Å². The summed E-state index contributed by atoms with van der Waals surface area (Å²) < 4.78 is 3.30. The number of benzene rings is 2. The van der Waals surface area contributed by atoms with Gasteiger partial charge in [-0.1, -0.05) is 54.4 Å². The van der Waals surface area contributed by atoms with Crippen molar-refractivity contribution in [1.29, 1.82) is 0 Å². The minimum atomic E-state index is 0.0635. The lowest BCUT2D eigenvalue weighted by Crippen LogP contribution is -2.32. The van der Waals surface area contributed by atoms with Gasteiger partial charge in [-0.2, -0.15) is 0 Å². The van der Waals surface area contributed by atoms with Crippen molar-refractivity contribution in [2.24, 2.45) is 0 Å². The normalized spacial score (nSPS) is 14.3. The Hall–Kier alpha value is -2.04. The number of rotatable bonds is 5. The van der Waals surface area contributed by atoms with Crippen LogP contribution in [-0.4, -0.2) is 18.7 Å². The van der Waals surface area contributed by atoms with Crippen LogP contribution in [0.15, 0.2) is 60.7 Å². The molecule has 0 saturated heterocycles. The number of amides is 1. The molecule has 0 saturated carbocycles. The molecule has 0 atom stereocenters. The van der Waals surface area contributed by atoms with Crippen LogP contribution in [0.4, 0.5) is 5.69 Å². The van der Waals surface area contributed by atoms with E-state index in [1.165, 1.54) is 16.7 Å². The van der Waals surface area contributed by atoms with Gasteiger partial charge in [0.15, 0.2) is 0 Å². The summed E-state index contributed by atoms with van der Waals surface area (Å²) in [7, 11) is 0. The molecule has 0 spiro atoms. The summed E-state index contributed by atoms with van der Waals surface area (Å²) in [5.74, 6) is 0.0635. The lowest BCUT2D eigenvalue weighted by Gasteiger charge is -2.23. The number of hydrogen-bond donors (Lipinski definition) is 1. The molecule has 23 heavy (non-hydrogen) atoms. The molecular weight excluding hydrogens is 304 g/mol. The predicted octanol–water partition coefficient (Wildman–Crippen LogP) is 4.01. The van der Waals surface area contributed by atoms with Crippen molar-refractivity contribution < 1.29 is 4.79 Å². The fourth-order valence-corrected chi connectivity index (χ4v) is 3.07. The first-order chi connectivity index (χ1) is 11.3. The molecule has 0 aliphatic carbocycles. The lowest BCUT2D eigenvalue weighted by molar-refractivity contribution is -0.114. The first kappa shape index (κ1) is 15.8. The summed E-state index contributed by atoms with van der Waals surface area (Å²) in [5.41, 5.74) is 4.63. The van der Waals surface area contributed by atoms with Crippen molar-refractivity contribution in [3.05, 3.63) is 66.2 Å². The van der Waals surface area contributed by atoms with Crippen LogP contribution >= 0.6 is 11.9 Å². The smallest absolute Gasteiger partial charge is 0.250 e. The number of hydrogen-bond acceptors (Lipinski definition) is 3. The zero-order valence-electron chi connectivity index (χ0n) is 13.2. The molecule has 1 heterocycles. The molecule has 1 aliphatic rings. The highest BCUT2D eigenvalue weighted by Gasteiger charge is 2.15. The van der Waals surface area contributed by atoms with E-state index in [0.717, 1.165) is 25.2 Å². The van der Waals surface area contributed by atoms with Crippen molar-refractivity contribution in [3.63, 3.8) is 0 Å². The van der Waals surface area contributed by atoms with E-state index in [0.29, 0.717) is 0 Å². The fourth-order valence-electron chi connectivity index (χ4n) is 2.77. The summed E-state index contributed by atoms with van der Waals surface area (Å²) in [6, 6.07) is 16.7. The average molecular weight is 324 g/mol. The highest BCUT2D eigenvalue weighted by Crippen LogP contribution is 2.27. The molecule has 4 heteroatoms. The quantitative estimate of drug-likeness (QED) is 0.843. The SMILES string of the molecule is CSNCc1ccccc1-c1ccc(N2CCC=CC2=O)cc1. The maximum atomic E-state index is 12.0. The highest BCUT2D eigenvalue weighted by molar-refractivity contribution is 7.96. The van der Waals surface area contributed by atoms with Crippen molar-refractivity contribution in [3.8, 4) is 11.1 Å². The van der Waals surface area contributed by atoms with Gasteiger partial charge in [-0.15, -0.1) is 0 Å². The van der Waals surface area contributed by atoms with E-state index in [2.05, 4.69) is 41.1 Å². The summed E-state index contributed by atoms with van der Waals surface area (Å²) in [4.78, 5) is 13.8. The van der Waals surface area contributed by atoms with E-state index < -0.39 is 0 Å². The molecule has 2 aromatic carbocycles. The summed E-state index contributed by atoms with van der Waals surface area (Å²) in [6.07, 6.45) is 6.53. The number of nitrogens with zero attached hydrogens (tertiary/aromatic N) is 1. The number of nitrogens with one attached hydrogen (secondary N) is 1. The molecule has 0 bridgehead atoms. The molecule has 3 nitrogen and oxygen atoms in total. The molecular formula is C19H20N2OS. The van der Waals surface area contributed by atoms with Crippen LogP contribution in [-0.2, 0) is 11.3 Å². The highest BCUT2D eigenvalue weighted by atomic mass is 32.2.